The second kappa shape index (κ2) is 5.71. The molecule has 2 heterocycles. The summed E-state index contributed by atoms with van der Waals surface area (Å²) in [4.78, 5) is 15.5. The summed E-state index contributed by atoms with van der Waals surface area (Å²) in [5.41, 5.74) is 3.21. The van der Waals surface area contributed by atoms with Crippen LogP contribution in [0.4, 0.5) is 0 Å². The predicted molar refractivity (Wildman–Crippen MR) is 83.7 cm³/mol. The lowest BCUT2D eigenvalue weighted by molar-refractivity contribution is 0.0698. The lowest BCUT2D eigenvalue weighted by Crippen LogP contribution is -2.05. The van der Waals surface area contributed by atoms with Crippen LogP contribution in [0.25, 0.3) is 5.65 Å². The van der Waals surface area contributed by atoms with Gasteiger partial charge in [0, 0.05) is 17.7 Å². The Morgan fingerprint density at radius 1 is 1.39 bits per heavy atom. The molecule has 0 unspecified atom stereocenters. The van der Waals surface area contributed by atoms with Crippen LogP contribution in [-0.4, -0.2) is 25.7 Å². The van der Waals surface area contributed by atoms with E-state index in [0.29, 0.717) is 22.8 Å². The van der Waals surface area contributed by atoms with Crippen LogP contribution in [0, 0.1) is 18.3 Å². The largest absolute Gasteiger partial charge is 0.477 e. The van der Waals surface area contributed by atoms with Crippen LogP contribution < -0.4 is 0 Å². The zero-order valence-electron chi connectivity index (χ0n) is 12.1. The molecule has 23 heavy (non-hydrogen) atoms. The number of aryl methyl sites for hydroxylation is 1. The number of nitriles is 1. The van der Waals surface area contributed by atoms with Gasteiger partial charge in [-0.15, -0.1) is 0 Å². The van der Waals surface area contributed by atoms with Crippen molar-refractivity contribution in [2.24, 2.45) is 0 Å². The van der Waals surface area contributed by atoms with Gasteiger partial charge in [0.25, 0.3) is 0 Å². The minimum atomic E-state index is -1.09. The van der Waals surface area contributed by atoms with Gasteiger partial charge in [0.05, 0.1) is 17.8 Å². The Hall–Kier alpha value is -2.91. The van der Waals surface area contributed by atoms with Gasteiger partial charge in [0.2, 0.25) is 0 Å². The van der Waals surface area contributed by atoms with Gasteiger partial charge in [0.15, 0.2) is 5.65 Å². The topological polar surface area (TPSA) is 91.3 Å². The van der Waals surface area contributed by atoms with Crippen LogP contribution in [-0.2, 0) is 6.42 Å². The molecule has 0 aliphatic rings. The lowest BCUT2D eigenvalue weighted by Gasteiger charge is -2.10. The molecule has 1 N–H and O–H groups in total. The van der Waals surface area contributed by atoms with Gasteiger partial charge in [-0.1, -0.05) is 23.7 Å². The SMILES string of the molecule is Cc1nc2c(C(=O)O)cnn2c(Cl)c1Cc1ccc(C#N)cc1. The third kappa shape index (κ3) is 2.62. The summed E-state index contributed by atoms with van der Waals surface area (Å²) >= 11 is 6.39. The first kappa shape index (κ1) is 15.0. The van der Waals surface area contributed by atoms with Crippen molar-refractivity contribution in [2.45, 2.75) is 13.3 Å². The Labute approximate surface area is 136 Å². The van der Waals surface area contributed by atoms with Gasteiger partial charge < -0.3 is 5.11 Å². The van der Waals surface area contributed by atoms with E-state index in [1.807, 2.05) is 12.1 Å². The number of hydrogen-bond donors (Lipinski definition) is 1. The first-order chi connectivity index (χ1) is 11.0. The van der Waals surface area contributed by atoms with Crippen molar-refractivity contribution in [3.8, 4) is 6.07 Å². The average Bonchev–Trinajstić information content (AvgIpc) is 2.96. The van der Waals surface area contributed by atoms with E-state index in [1.54, 1.807) is 19.1 Å². The quantitative estimate of drug-likeness (QED) is 0.747. The van der Waals surface area contributed by atoms with E-state index < -0.39 is 5.97 Å². The molecule has 2 aromatic heterocycles. The molecule has 1 aromatic carbocycles. The number of benzene rings is 1. The van der Waals surface area contributed by atoms with Gasteiger partial charge in [-0.05, 0) is 24.6 Å². The van der Waals surface area contributed by atoms with Crippen LogP contribution >= 0.6 is 11.6 Å². The molecule has 0 saturated heterocycles. The van der Waals surface area contributed by atoms with Gasteiger partial charge in [0.1, 0.15) is 10.7 Å². The number of halogens is 1. The molecule has 0 aliphatic carbocycles. The average molecular weight is 327 g/mol. The molecule has 0 bridgehead atoms. The second-order valence-electron chi connectivity index (χ2n) is 5.05. The smallest absolute Gasteiger partial charge is 0.341 e. The van der Waals surface area contributed by atoms with E-state index in [1.165, 1.54) is 10.7 Å². The molecule has 3 aromatic rings. The van der Waals surface area contributed by atoms with Gasteiger partial charge in [-0.3, -0.25) is 0 Å². The van der Waals surface area contributed by atoms with E-state index in [2.05, 4.69) is 16.2 Å². The maximum Gasteiger partial charge on any atom is 0.341 e. The number of fused-ring (bicyclic) bond motifs is 1. The summed E-state index contributed by atoms with van der Waals surface area (Å²) in [6.07, 6.45) is 1.75. The monoisotopic (exact) mass is 326 g/mol. The van der Waals surface area contributed by atoms with E-state index in [-0.39, 0.29) is 11.2 Å². The van der Waals surface area contributed by atoms with Crippen LogP contribution in [0.3, 0.4) is 0 Å². The summed E-state index contributed by atoms with van der Waals surface area (Å²) in [7, 11) is 0. The molecule has 0 spiro atoms. The van der Waals surface area contributed by atoms with Crippen molar-refractivity contribution < 1.29 is 9.90 Å². The fourth-order valence-electron chi connectivity index (χ4n) is 2.35. The van der Waals surface area contributed by atoms with Crippen molar-refractivity contribution >= 4 is 23.2 Å². The van der Waals surface area contributed by atoms with Crippen molar-refractivity contribution in [3.05, 3.63) is 63.6 Å². The number of carboxylic acids is 1. The van der Waals surface area contributed by atoms with Crippen molar-refractivity contribution in [1.82, 2.24) is 14.6 Å². The first-order valence-electron chi connectivity index (χ1n) is 6.76. The number of aromatic carboxylic acids is 1. The summed E-state index contributed by atoms with van der Waals surface area (Å²) in [6, 6.07) is 9.25. The third-order valence-electron chi connectivity index (χ3n) is 3.58. The highest BCUT2D eigenvalue weighted by molar-refractivity contribution is 6.30. The summed E-state index contributed by atoms with van der Waals surface area (Å²) < 4.78 is 1.33. The van der Waals surface area contributed by atoms with Crippen LogP contribution in [0.15, 0.2) is 30.5 Å². The maximum atomic E-state index is 11.2. The van der Waals surface area contributed by atoms with Crippen molar-refractivity contribution in [3.63, 3.8) is 0 Å². The molecule has 0 radical (unpaired) electrons. The number of aromatic nitrogens is 3. The second-order valence-corrected chi connectivity index (χ2v) is 5.41. The summed E-state index contributed by atoms with van der Waals surface area (Å²) in [6.45, 7) is 1.78. The van der Waals surface area contributed by atoms with Crippen LogP contribution in [0.2, 0.25) is 5.15 Å². The number of nitrogens with zero attached hydrogens (tertiary/aromatic N) is 4. The number of hydrogen-bond acceptors (Lipinski definition) is 4. The Bertz CT molecular complexity index is 955. The number of rotatable bonds is 3. The molecule has 114 valence electrons. The van der Waals surface area contributed by atoms with Crippen molar-refractivity contribution in [1.29, 1.82) is 5.26 Å². The van der Waals surface area contributed by atoms with E-state index in [0.717, 1.165) is 11.1 Å². The number of carbonyl (C=O) groups is 1. The zero-order valence-corrected chi connectivity index (χ0v) is 12.9. The highest BCUT2D eigenvalue weighted by Crippen LogP contribution is 2.24. The predicted octanol–water partition coefficient (Wildman–Crippen LogP) is 2.85. The van der Waals surface area contributed by atoms with Crippen LogP contribution in [0.5, 0.6) is 0 Å². The first-order valence-corrected chi connectivity index (χ1v) is 7.14. The minimum Gasteiger partial charge on any atom is -0.477 e. The molecule has 3 rings (SSSR count). The fourth-order valence-corrected chi connectivity index (χ4v) is 2.68. The van der Waals surface area contributed by atoms with Gasteiger partial charge in [-0.2, -0.15) is 10.4 Å². The van der Waals surface area contributed by atoms with Gasteiger partial charge >= 0.3 is 5.97 Å². The molecule has 0 aliphatic heterocycles. The van der Waals surface area contributed by atoms with E-state index >= 15 is 0 Å². The van der Waals surface area contributed by atoms with Crippen molar-refractivity contribution in [2.75, 3.05) is 0 Å². The lowest BCUT2D eigenvalue weighted by atomic mass is 10.0. The Morgan fingerprint density at radius 3 is 2.70 bits per heavy atom. The summed E-state index contributed by atoms with van der Waals surface area (Å²) in [5, 5.41) is 22.3. The fraction of sp³-hybridized carbons (Fsp3) is 0.125. The van der Waals surface area contributed by atoms with E-state index in [9.17, 15) is 4.79 Å². The molecule has 7 heteroatoms. The van der Waals surface area contributed by atoms with Gasteiger partial charge in [-0.25, -0.2) is 14.3 Å². The highest BCUT2D eigenvalue weighted by Gasteiger charge is 2.18. The summed E-state index contributed by atoms with van der Waals surface area (Å²) in [5.74, 6) is -1.09. The zero-order chi connectivity index (χ0) is 16.6. The molecular weight excluding hydrogens is 316 g/mol. The molecule has 6 nitrogen and oxygen atoms in total. The molecule has 0 amide bonds. The number of carboxylic acid groups (broad SMARTS) is 1. The Balaban J connectivity index is 2.07. The normalized spacial score (nSPS) is 10.7. The molecule has 0 saturated carbocycles. The molecular formula is C16H11ClN4O2. The molecule has 0 fully saturated rings. The van der Waals surface area contributed by atoms with E-state index in [4.69, 9.17) is 22.0 Å². The Morgan fingerprint density at radius 2 is 2.09 bits per heavy atom. The van der Waals surface area contributed by atoms with Crippen LogP contribution in [0.1, 0.15) is 32.7 Å². The maximum absolute atomic E-state index is 11.2. The standard InChI is InChI=1S/C16H11ClN4O2/c1-9-12(6-10-2-4-11(7-18)5-3-10)14(17)21-15(20-9)13(8-19-21)16(22)23/h2-5,8H,6H2,1H3,(H,22,23). The molecule has 0 atom stereocenters. The highest BCUT2D eigenvalue weighted by atomic mass is 35.5. The Kier molecular flexibility index (Phi) is 3.72. The minimum absolute atomic E-state index is 0.0138. The third-order valence-corrected chi connectivity index (χ3v) is 3.97.